The molecule has 6 heteroatoms. The number of allylic oxidation sites excluding steroid dienone is 1. The molecule has 0 saturated carbocycles. The summed E-state index contributed by atoms with van der Waals surface area (Å²) in [5.74, 6) is -0.341. The molecule has 2 aliphatic rings. The molecule has 0 bridgehead atoms. The second kappa shape index (κ2) is 7.09. The van der Waals surface area contributed by atoms with Gasteiger partial charge in [0.25, 0.3) is 0 Å². The topological polar surface area (TPSA) is 47.3 Å². The summed E-state index contributed by atoms with van der Waals surface area (Å²) < 4.78 is 14.3. The van der Waals surface area contributed by atoms with Crippen LogP contribution in [0.15, 0.2) is 59.1 Å². The smallest absolute Gasteiger partial charge is 0.229 e. The molecule has 1 atom stereocenters. The average Bonchev–Trinajstić information content (AvgIpc) is 2.69. The van der Waals surface area contributed by atoms with Gasteiger partial charge in [0, 0.05) is 18.0 Å². The van der Waals surface area contributed by atoms with E-state index in [-0.39, 0.29) is 18.1 Å². The van der Waals surface area contributed by atoms with Gasteiger partial charge >= 0.3 is 0 Å². The fourth-order valence-corrected chi connectivity index (χ4v) is 4.67. The maximum absolute atomic E-state index is 14.3. The van der Waals surface area contributed by atoms with Crippen LogP contribution in [0.4, 0.5) is 10.1 Å². The zero-order valence-corrected chi connectivity index (χ0v) is 15.7. The molecule has 4 nitrogen and oxygen atoms in total. The first-order valence-corrected chi connectivity index (χ1v) is 9.70. The van der Waals surface area contributed by atoms with Gasteiger partial charge in [0.05, 0.1) is 29.2 Å². The Morgan fingerprint density at radius 3 is 2.63 bits per heavy atom. The number of hydrogen-bond acceptors (Lipinski definition) is 4. The Morgan fingerprint density at radius 2 is 1.93 bits per heavy atom. The van der Waals surface area contributed by atoms with Crippen LogP contribution in [0.1, 0.15) is 23.5 Å². The lowest BCUT2D eigenvalue weighted by Crippen LogP contribution is -2.47. The van der Waals surface area contributed by atoms with Gasteiger partial charge in [-0.05, 0) is 30.7 Å². The van der Waals surface area contributed by atoms with Crippen molar-refractivity contribution in [3.63, 3.8) is 0 Å². The summed E-state index contributed by atoms with van der Waals surface area (Å²) in [6.45, 7) is 2.44. The molecule has 2 aromatic carbocycles. The number of anilines is 1. The fraction of sp³-hybridized carbons (Fsp3) is 0.238. The number of nitrogens with zero attached hydrogens (tertiary/aromatic N) is 3. The van der Waals surface area contributed by atoms with E-state index in [1.165, 1.54) is 23.4 Å². The van der Waals surface area contributed by atoms with Crippen LogP contribution in [0.25, 0.3) is 0 Å². The minimum atomic E-state index is -0.520. The third-order valence-electron chi connectivity index (χ3n) is 4.97. The lowest BCUT2D eigenvalue weighted by molar-refractivity contribution is -0.129. The van der Waals surface area contributed by atoms with E-state index in [1.54, 1.807) is 23.1 Å². The number of carbonyl (C=O) groups is 1. The van der Waals surface area contributed by atoms with Crippen molar-refractivity contribution in [3.05, 3.63) is 76.1 Å². The van der Waals surface area contributed by atoms with Crippen LogP contribution >= 0.6 is 11.8 Å². The minimum absolute atomic E-state index is 0.0819. The second-order valence-electron chi connectivity index (χ2n) is 6.72. The number of thioether (sulfide) groups is 1. The quantitative estimate of drug-likeness (QED) is 0.778. The molecular weight excluding hydrogens is 361 g/mol. The van der Waals surface area contributed by atoms with Crippen LogP contribution in [0, 0.1) is 24.1 Å². The number of carbonyl (C=O) groups excluding carboxylic acids is 1. The van der Waals surface area contributed by atoms with Crippen molar-refractivity contribution in [2.24, 2.45) is 0 Å². The predicted octanol–water partition coefficient (Wildman–Crippen LogP) is 4.35. The molecule has 1 saturated heterocycles. The zero-order chi connectivity index (χ0) is 19.0. The Labute approximate surface area is 161 Å². The molecule has 2 aromatic rings. The Kier molecular flexibility index (Phi) is 4.63. The molecular formula is C21H18FN3OS. The second-order valence-corrected chi connectivity index (χ2v) is 7.65. The highest BCUT2D eigenvalue weighted by atomic mass is 32.2. The van der Waals surface area contributed by atoms with E-state index < -0.39 is 5.92 Å². The highest BCUT2D eigenvalue weighted by molar-refractivity contribution is 8.03. The van der Waals surface area contributed by atoms with Crippen molar-refractivity contribution >= 4 is 23.4 Å². The number of nitriles is 1. The first-order valence-electron chi connectivity index (χ1n) is 8.72. The third-order valence-corrected chi connectivity index (χ3v) is 6.13. The van der Waals surface area contributed by atoms with Crippen molar-refractivity contribution in [2.75, 3.05) is 17.4 Å². The van der Waals surface area contributed by atoms with Crippen molar-refractivity contribution < 1.29 is 9.18 Å². The molecule has 0 spiro atoms. The lowest BCUT2D eigenvalue weighted by atomic mass is 9.86. The largest absolute Gasteiger partial charge is 0.344 e. The Bertz CT molecular complexity index is 964. The summed E-state index contributed by atoms with van der Waals surface area (Å²) in [5.41, 5.74) is 3.11. The van der Waals surface area contributed by atoms with Gasteiger partial charge in [0.1, 0.15) is 5.82 Å². The van der Waals surface area contributed by atoms with Crippen LogP contribution in [0.2, 0.25) is 0 Å². The lowest BCUT2D eigenvalue weighted by Gasteiger charge is -2.42. The summed E-state index contributed by atoms with van der Waals surface area (Å²) in [5, 5.41) is 10.4. The number of amides is 1. The first kappa shape index (κ1) is 17.6. The Balaban J connectivity index is 1.68. The third kappa shape index (κ3) is 3.19. The molecule has 27 heavy (non-hydrogen) atoms. The van der Waals surface area contributed by atoms with Gasteiger partial charge in [0.15, 0.2) is 0 Å². The van der Waals surface area contributed by atoms with Crippen molar-refractivity contribution in [1.29, 1.82) is 5.26 Å². The van der Waals surface area contributed by atoms with Crippen molar-refractivity contribution in [3.8, 4) is 6.07 Å². The van der Waals surface area contributed by atoms with Gasteiger partial charge in [0.2, 0.25) is 5.91 Å². The van der Waals surface area contributed by atoms with Gasteiger partial charge in [-0.3, -0.25) is 9.69 Å². The van der Waals surface area contributed by atoms with Crippen molar-refractivity contribution in [2.45, 2.75) is 19.3 Å². The molecule has 1 amide bonds. The zero-order valence-electron chi connectivity index (χ0n) is 14.9. The van der Waals surface area contributed by atoms with Crippen molar-refractivity contribution in [1.82, 2.24) is 4.90 Å². The Morgan fingerprint density at radius 1 is 1.19 bits per heavy atom. The number of halogens is 1. The summed E-state index contributed by atoms with van der Waals surface area (Å²) in [6, 6.07) is 16.8. The molecule has 0 aromatic heterocycles. The molecule has 0 radical (unpaired) electrons. The van der Waals surface area contributed by atoms with Gasteiger partial charge in [-0.1, -0.05) is 47.7 Å². The number of aryl methyl sites for hydroxylation is 1. The number of hydrogen-bond donors (Lipinski definition) is 0. The number of rotatable bonds is 2. The maximum atomic E-state index is 14.3. The molecule has 0 aliphatic carbocycles. The summed E-state index contributed by atoms with van der Waals surface area (Å²) in [6.07, 6.45) is 0.107. The molecule has 1 unspecified atom stereocenters. The van der Waals surface area contributed by atoms with Crippen LogP contribution in [-0.4, -0.2) is 23.4 Å². The normalized spacial score (nSPS) is 19.7. The predicted molar refractivity (Wildman–Crippen MR) is 104 cm³/mol. The van der Waals surface area contributed by atoms with E-state index in [1.807, 2.05) is 31.2 Å². The minimum Gasteiger partial charge on any atom is -0.344 e. The summed E-state index contributed by atoms with van der Waals surface area (Å²) >= 11 is 1.46. The highest BCUT2D eigenvalue weighted by Gasteiger charge is 2.39. The van der Waals surface area contributed by atoms with Gasteiger partial charge in [-0.25, -0.2) is 4.39 Å². The SMILES string of the molecule is Cc1ccc(N2CSC3=C(C#N)C(c4ccccc4F)CC(=O)N3C2)cc1. The average molecular weight is 379 g/mol. The highest BCUT2D eigenvalue weighted by Crippen LogP contribution is 2.43. The molecule has 0 N–H and O–H groups in total. The standard InChI is InChI=1S/C21H18FN3OS/c1-14-6-8-15(9-7-14)24-12-25-20(26)10-17(16-4-2-3-5-19(16)22)18(11-23)21(25)27-13-24/h2-9,17H,10,12-13H2,1H3. The molecule has 136 valence electrons. The van der Waals surface area contributed by atoms with Crippen LogP contribution in [-0.2, 0) is 4.79 Å². The first-order chi connectivity index (χ1) is 13.1. The van der Waals surface area contributed by atoms with E-state index >= 15 is 0 Å². The fourth-order valence-electron chi connectivity index (χ4n) is 3.50. The van der Waals surface area contributed by atoms with Gasteiger partial charge < -0.3 is 4.90 Å². The molecule has 4 rings (SSSR count). The molecule has 2 aliphatic heterocycles. The van der Waals surface area contributed by atoms with Crippen LogP contribution in [0.5, 0.6) is 0 Å². The molecule has 1 fully saturated rings. The Hall–Kier alpha value is -2.78. The monoisotopic (exact) mass is 379 g/mol. The van der Waals surface area contributed by atoms with Crippen LogP contribution in [0.3, 0.4) is 0 Å². The van der Waals surface area contributed by atoms with E-state index in [9.17, 15) is 14.4 Å². The van der Waals surface area contributed by atoms with Gasteiger partial charge in [-0.2, -0.15) is 5.26 Å². The maximum Gasteiger partial charge on any atom is 0.229 e. The summed E-state index contributed by atoms with van der Waals surface area (Å²) in [4.78, 5) is 16.6. The van der Waals surface area contributed by atoms with Gasteiger partial charge in [-0.15, -0.1) is 0 Å². The number of benzene rings is 2. The molecule has 2 heterocycles. The van der Waals surface area contributed by atoms with E-state index in [2.05, 4.69) is 11.0 Å². The van der Waals surface area contributed by atoms with Crippen LogP contribution < -0.4 is 4.90 Å². The number of fused-ring (bicyclic) bond motifs is 1. The van der Waals surface area contributed by atoms with E-state index in [4.69, 9.17) is 0 Å². The van der Waals surface area contributed by atoms with E-state index in [0.29, 0.717) is 28.7 Å². The van der Waals surface area contributed by atoms with E-state index in [0.717, 1.165) is 5.69 Å². The summed E-state index contributed by atoms with van der Waals surface area (Å²) in [7, 11) is 0.